The van der Waals surface area contributed by atoms with Gasteiger partial charge in [-0.15, -0.1) is 0 Å². The van der Waals surface area contributed by atoms with Crippen molar-refractivity contribution in [2.45, 2.75) is 26.3 Å². The number of aliphatic hydroxyl groups is 1. The number of ether oxygens (including phenoxy) is 2. The number of benzene rings is 2. The van der Waals surface area contributed by atoms with Gasteiger partial charge < -0.3 is 24.4 Å². The summed E-state index contributed by atoms with van der Waals surface area (Å²) < 4.78 is 11.1. The molecular weight excluding hydrogens is 466 g/mol. The molecule has 190 valence electrons. The van der Waals surface area contributed by atoms with Crippen molar-refractivity contribution in [3.05, 3.63) is 69.3 Å². The van der Waals surface area contributed by atoms with Gasteiger partial charge in [0.05, 0.1) is 16.5 Å². The molecule has 0 saturated carbocycles. The van der Waals surface area contributed by atoms with Crippen molar-refractivity contribution in [2.75, 3.05) is 39.4 Å². The third-order valence-electron chi connectivity index (χ3n) is 6.54. The standard InChI is InChI=1S/C26H29N3O7/c1-3-27(4-2)12-5-13-28-23(17-6-9-19(10-7-17)29(33)34)22(25(31)26(28)32)24(30)18-8-11-20-21(16-18)36-15-14-35-20/h6-11,16,23,30H,3-5,12-15H2,1-2H3/b24-22-. The van der Waals surface area contributed by atoms with Gasteiger partial charge in [0.1, 0.15) is 19.0 Å². The Balaban J connectivity index is 1.74. The van der Waals surface area contributed by atoms with Crippen molar-refractivity contribution in [1.82, 2.24) is 9.80 Å². The summed E-state index contributed by atoms with van der Waals surface area (Å²) in [5.74, 6) is -0.877. The maximum absolute atomic E-state index is 13.2. The number of amides is 1. The normalized spacial score (nSPS) is 18.6. The monoisotopic (exact) mass is 495 g/mol. The first kappa shape index (κ1) is 25.2. The first-order chi connectivity index (χ1) is 17.3. The molecule has 0 bridgehead atoms. The lowest BCUT2D eigenvalue weighted by atomic mass is 9.95. The smallest absolute Gasteiger partial charge is 0.295 e. The molecule has 36 heavy (non-hydrogen) atoms. The van der Waals surface area contributed by atoms with E-state index in [2.05, 4.69) is 18.7 Å². The number of aliphatic hydroxyl groups excluding tert-OH is 1. The number of Topliss-reactive ketones (excluding diaryl/α,β-unsaturated/α-hetero) is 1. The van der Waals surface area contributed by atoms with E-state index in [1.165, 1.54) is 29.2 Å². The molecule has 10 nitrogen and oxygen atoms in total. The lowest BCUT2D eigenvalue weighted by molar-refractivity contribution is -0.384. The molecule has 0 spiro atoms. The van der Waals surface area contributed by atoms with Crippen LogP contribution in [0, 0.1) is 10.1 Å². The third kappa shape index (κ3) is 4.90. The Hall–Kier alpha value is -3.92. The highest BCUT2D eigenvalue weighted by Crippen LogP contribution is 2.41. The van der Waals surface area contributed by atoms with Gasteiger partial charge in [-0.25, -0.2) is 0 Å². The predicted octanol–water partition coefficient (Wildman–Crippen LogP) is 3.52. The van der Waals surface area contributed by atoms with Gasteiger partial charge in [0, 0.05) is 24.2 Å². The van der Waals surface area contributed by atoms with E-state index in [-0.39, 0.29) is 17.0 Å². The SMILES string of the molecule is CCN(CC)CCCN1C(=O)C(=O)/C(=C(\O)c2ccc3c(c2)OCCO3)C1c1ccc([N+](=O)[O-])cc1. The molecular formula is C26H29N3O7. The van der Waals surface area contributed by atoms with E-state index in [9.17, 15) is 24.8 Å². The van der Waals surface area contributed by atoms with Crippen molar-refractivity contribution < 1.29 is 29.1 Å². The van der Waals surface area contributed by atoms with Crippen molar-refractivity contribution in [3.8, 4) is 11.5 Å². The molecule has 1 unspecified atom stereocenters. The van der Waals surface area contributed by atoms with Crippen LogP contribution in [-0.2, 0) is 9.59 Å². The van der Waals surface area contributed by atoms with E-state index in [4.69, 9.17) is 9.47 Å². The largest absolute Gasteiger partial charge is 0.507 e. The topological polar surface area (TPSA) is 122 Å². The molecule has 0 radical (unpaired) electrons. The van der Waals surface area contributed by atoms with E-state index in [1.54, 1.807) is 18.2 Å². The van der Waals surface area contributed by atoms with Gasteiger partial charge in [-0.1, -0.05) is 13.8 Å². The molecule has 2 aromatic carbocycles. The zero-order chi connectivity index (χ0) is 25.8. The highest BCUT2D eigenvalue weighted by molar-refractivity contribution is 6.46. The maximum atomic E-state index is 13.2. The molecule has 0 aromatic heterocycles. The molecule has 1 amide bonds. The summed E-state index contributed by atoms with van der Waals surface area (Å²) in [7, 11) is 0. The molecule has 2 aliphatic heterocycles. The zero-order valence-electron chi connectivity index (χ0n) is 20.3. The van der Waals surface area contributed by atoms with Gasteiger partial charge in [-0.3, -0.25) is 19.7 Å². The van der Waals surface area contributed by atoms with Crippen molar-refractivity contribution in [3.63, 3.8) is 0 Å². The number of nitro benzene ring substituents is 1. The summed E-state index contributed by atoms with van der Waals surface area (Å²) in [4.78, 5) is 40.6. The fraction of sp³-hybridized carbons (Fsp3) is 0.385. The van der Waals surface area contributed by atoms with Crippen LogP contribution in [0.15, 0.2) is 48.0 Å². The van der Waals surface area contributed by atoms with Crippen molar-refractivity contribution in [2.24, 2.45) is 0 Å². The maximum Gasteiger partial charge on any atom is 0.295 e. The molecule has 1 saturated heterocycles. The van der Waals surface area contributed by atoms with Gasteiger partial charge in [-0.05, 0) is 62.0 Å². The molecule has 2 aliphatic rings. The summed E-state index contributed by atoms with van der Waals surface area (Å²) in [6.07, 6.45) is 0.627. The number of hydrogen-bond donors (Lipinski definition) is 1. The van der Waals surface area contributed by atoms with E-state index in [1.807, 2.05) is 0 Å². The van der Waals surface area contributed by atoms with Crippen molar-refractivity contribution >= 4 is 23.1 Å². The number of likely N-dealkylation sites (tertiary alicyclic amines) is 1. The van der Waals surface area contributed by atoms with Crippen LogP contribution in [0.4, 0.5) is 5.69 Å². The minimum atomic E-state index is -0.879. The third-order valence-corrected chi connectivity index (χ3v) is 6.54. The number of fused-ring (bicyclic) bond motifs is 1. The van der Waals surface area contributed by atoms with Gasteiger partial charge in [-0.2, -0.15) is 0 Å². The number of nitrogens with zero attached hydrogens (tertiary/aromatic N) is 3. The van der Waals surface area contributed by atoms with Gasteiger partial charge in [0.2, 0.25) is 0 Å². The average molecular weight is 496 g/mol. The second kappa shape index (κ2) is 10.8. The van der Waals surface area contributed by atoms with Gasteiger partial charge in [0.25, 0.3) is 17.4 Å². The minimum Gasteiger partial charge on any atom is -0.507 e. The number of carbonyl (C=O) groups excluding carboxylic acids is 2. The molecule has 1 N–H and O–H groups in total. The number of non-ortho nitro benzene ring substituents is 1. The summed E-state index contributed by atoms with van der Waals surface area (Å²) in [5, 5.41) is 22.4. The second-order valence-electron chi connectivity index (χ2n) is 8.58. The Morgan fingerprint density at radius 3 is 2.39 bits per heavy atom. The Morgan fingerprint density at radius 1 is 1.08 bits per heavy atom. The minimum absolute atomic E-state index is 0.0617. The van der Waals surface area contributed by atoms with E-state index >= 15 is 0 Å². The Labute approximate surface area is 208 Å². The molecule has 4 rings (SSSR count). The summed E-state index contributed by atoms with van der Waals surface area (Å²) in [6, 6.07) is 9.63. The quantitative estimate of drug-likeness (QED) is 0.184. The number of hydrogen-bond acceptors (Lipinski definition) is 8. The van der Waals surface area contributed by atoms with E-state index < -0.39 is 22.7 Å². The lowest BCUT2D eigenvalue weighted by Crippen LogP contribution is -2.33. The summed E-state index contributed by atoms with van der Waals surface area (Å²) >= 11 is 0. The first-order valence-electron chi connectivity index (χ1n) is 12.0. The molecule has 1 atom stereocenters. The highest BCUT2D eigenvalue weighted by Gasteiger charge is 2.46. The first-order valence-corrected chi connectivity index (χ1v) is 12.0. The predicted molar refractivity (Wildman–Crippen MR) is 132 cm³/mol. The number of ketones is 1. The Morgan fingerprint density at radius 2 is 1.75 bits per heavy atom. The van der Waals surface area contributed by atoms with Crippen molar-refractivity contribution in [1.29, 1.82) is 0 Å². The number of carbonyl (C=O) groups is 2. The second-order valence-corrected chi connectivity index (χ2v) is 8.58. The number of rotatable bonds is 9. The van der Waals surface area contributed by atoms with Crippen LogP contribution in [0.25, 0.3) is 5.76 Å². The van der Waals surface area contributed by atoms with Gasteiger partial charge in [0.15, 0.2) is 11.5 Å². The molecule has 2 heterocycles. The lowest BCUT2D eigenvalue weighted by Gasteiger charge is -2.27. The van der Waals surface area contributed by atoms with E-state index in [0.717, 1.165) is 19.6 Å². The molecule has 1 fully saturated rings. The van der Waals surface area contributed by atoms with Crippen LogP contribution >= 0.6 is 0 Å². The van der Waals surface area contributed by atoms with Gasteiger partial charge >= 0.3 is 0 Å². The van der Waals surface area contributed by atoms with Crippen LogP contribution in [0.5, 0.6) is 11.5 Å². The number of nitro groups is 1. The summed E-state index contributed by atoms with van der Waals surface area (Å²) in [5.41, 5.74) is 0.645. The average Bonchev–Trinajstić information content (AvgIpc) is 3.15. The fourth-order valence-corrected chi connectivity index (χ4v) is 4.59. The highest BCUT2D eigenvalue weighted by atomic mass is 16.6. The zero-order valence-corrected chi connectivity index (χ0v) is 20.3. The van der Waals surface area contributed by atoms with Crippen LogP contribution < -0.4 is 9.47 Å². The molecule has 10 heteroatoms. The molecule has 0 aliphatic carbocycles. The molecule has 2 aromatic rings. The van der Waals surface area contributed by atoms with Crippen LogP contribution in [0.2, 0.25) is 0 Å². The van der Waals surface area contributed by atoms with E-state index in [0.29, 0.717) is 48.8 Å². The Bertz CT molecular complexity index is 1190. The Kier molecular flexibility index (Phi) is 7.54. The van der Waals surface area contributed by atoms with Crippen LogP contribution in [0.1, 0.15) is 37.4 Å². The van der Waals surface area contributed by atoms with Crippen LogP contribution in [0.3, 0.4) is 0 Å². The van der Waals surface area contributed by atoms with Crippen LogP contribution in [-0.4, -0.2) is 70.9 Å². The summed E-state index contributed by atoms with van der Waals surface area (Å²) in [6.45, 7) is 7.65. The fourth-order valence-electron chi connectivity index (χ4n) is 4.59.